The molecule has 1 heterocycles. The topological polar surface area (TPSA) is 42.0 Å². The number of hydrogen-bond acceptors (Lipinski definition) is 4. The number of nitrogens with zero attached hydrogens (tertiary/aromatic N) is 2. The highest BCUT2D eigenvalue weighted by Gasteiger charge is 2.46. The molecular weight excluding hydrogens is 472 g/mol. The smallest absolute Gasteiger partial charge is 0.226 e. The van der Waals surface area contributed by atoms with Crippen LogP contribution in [0.1, 0.15) is 35.1 Å². The van der Waals surface area contributed by atoms with Gasteiger partial charge in [0.1, 0.15) is 5.75 Å². The second kappa shape index (κ2) is 11.5. The summed E-state index contributed by atoms with van der Waals surface area (Å²) in [6.45, 7) is 4.44. The monoisotopic (exact) mass is 504 g/mol. The van der Waals surface area contributed by atoms with Gasteiger partial charge in [-0.05, 0) is 53.3 Å². The van der Waals surface area contributed by atoms with E-state index in [1.165, 1.54) is 5.56 Å². The third kappa shape index (κ3) is 6.09. The third-order valence-electron chi connectivity index (χ3n) is 7.25. The minimum absolute atomic E-state index is 0.118. The fourth-order valence-electron chi connectivity index (χ4n) is 5.08. The van der Waals surface area contributed by atoms with E-state index in [9.17, 15) is 4.79 Å². The average Bonchev–Trinajstić information content (AvgIpc) is 3.73. The second-order valence-electron chi connectivity index (χ2n) is 9.69. The van der Waals surface area contributed by atoms with Crippen molar-refractivity contribution in [2.24, 2.45) is 5.92 Å². The van der Waals surface area contributed by atoms with Gasteiger partial charge in [-0.15, -0.1) is 0 Å². The molecule has 2 fully saturated rings. The van der Waals surface area contributed by atoms with Crippen LogP contribution in [-0.2, 0) is 16.1 Å². The lowest BCUT2D eigenvalue weighted by Crippen LogP contribution is -2.50. The molecular formula is C30H33ClN2O3. The maximum absolute atomic E-state index is 13.1. The highest BCUT2D eigenvalue weighted by Crippen LogP contribution is 2.48. The molecule has 1 aliphatic carbocycles. The molecule has 3 aromatic rings. The Labute approximate surface area is 218 Å². The lowest BCUT2D eigenvalue weighted by Gasteiger charge is -2.36. The van der Waals surface area contributed by atoms with E-state index >= 15 is 0 Å². The van der Waals surface area contributed by atoms with Crippen molar-refractivity contribution in [3.8, 4) is 5.75 Å². The summed E-state index contributed by atoms with van der Waals surface area (Å²) in [7, 11) is 1.68. The van der Waals surface area contributed by atoms with Crippen LogP contribution in [0.3, 0.4) is 0 Å². The largest absolute Gasteiger partial charge is 0.497 e. The van der Waals surface area contributed by atoms with E-state index < -0.39 is 0 Å². The molecule has 0 spiro atoms. The molecule has 5 rings (SSSR count). The van der Waals surface area contributed by atoms with E-state index in [4.69, 9.17) is 21.1 Å². The van der Waals surface area contributed by atoms with Crippen LogP contribution in [0.2, 0.25) is 5.02 Å². The normalized spacial score (nSPS) is 20.7. The molecule has 1 saturated carbocycles. The minimum atomic E-state index is -0.118. The van der Waals surface area contributed by atoms with Gasteiger partial charge in [-0.2, -0.15) is 0 Å². The molecule has 5 nitrogen and oxygen atoms in total. The quantitative estimate of drug-likeness (QED) is 0.383. The molecule has 188 valence electrons. The predicted molar refractivity (Wildman–Crippen MR) is 142 cm³/mol. The lowest BCUT2D eigenvalue weighted by molar-refractivity contribution is -0.134. The van der Waals surface area contributed by atoms with Crippen molar-refractivity contribution in [3.05, 3.63) is 101 Å². The second-order valence-corrected chi connectivity index (χ2v) is 10.1. The van der Waals surface area contributed by atoms with Crippen LogP contribution in [0.15, 0.2) is 78.9 Å². The fraction of sp³-hybridized carbons (Fsp3) is 0.367. The summed E-state index contributed by atoms with van der Waals surface area (Å²) in [6, 6.07) is 26.3. The Hall–Kier alpha value is -2.86. The molecule has 6 heteroatoms. The van der Waals surface area contributed by atoms with E-state index in [1.807, 2.05) is 48.5 Å². The van der Waals surface area contributed by atoms with Crippen molar-refractivity contribution in [1.82, 2.24) is 9.80 Å². The van der Waals surface area contributed by atoms with E-state index in [-0.39, 0.29) is 12.0 Å². The molecule has 3 atom stereocenters. The molecule has 0 radical (unpaired) electrons. The van der Waals surface area contributed by atoms with Gasteiger partial charge < -0.3 is 14.4 Å². The minimum Gasteiger partial charge on any atom is -0.497 e. The van der Waals surface area contributed by atoms with Crippen molar-refractivity contribution in [3.63, 3.8) is 0 Å². The van der Waals surface area contributed by atoms with Crippen LogP contribution in [0.5, 0.6) is 5.75 Å². The molecule has 2 aliphatic rings. The number of carbonyl (C=O) groups is 1. The summed E-state index contributed by atoms with van der Waals surface area (Å²) in [5.74, 6) is 1.65. The number of carbonyl (C=O) groups excluding carboxylic acids is 1. The predicted octanol–water partition coefficient (Wildman–Crippen LogP) is 5.55. The summed E-state index contributed by atoms with van der Waals surface area (Å²) in [6.07, 6.45) is 0.852. The number of methoxy groups -OCH3 is 1. The van der Waals surface area contributed by atoms with Crippen molar-refractivity contribution < 1.29 is 14.3 Å². The van der Waals surface area contributed by atoms with Crippen molar-refractivity contribution in [2.45, 2.75) is 25.0 Å². The Balaban J connectivity index is 1.19. The third-order valence-corrected chi connectivity index (χ3v) is 7.48. The SMILES string of the molecule is COc1cccc([C@@H](CN2CCN(C(=O)[C@@H]3C[C@H]3c3ccccc3)CC2)OCc2cccc(Cl)c2)c1. The standard InChI is InChI=1S/C30H33ClN2O3/c1-35-26-12-6-10-24(18-26)29(36-21-22-7-5-11-25(31)17-22)20-32-13-15-33(16-14-32)30(34)28-19-27(28)23-8-3-2-4-9-23/h2-12,17-18,27-29H,13-16,19-21H2,1H3/t27-,28+,29+/m0/s1. The van der Waals surface area contributed by atoms with Crippen LogP contribution in [0.25, 0.3) is 0 Å². The number of hydrogen-bond donors (Lipinski definition) is 0. The zero-order valence-corrected chi connectivity index (χ0v) is 21.4. The maximum Gasteiger partial charge on any atom is 0.226 e. The van der Waals surface area contributed by atoms with Crippen LogP contribution < -0.4 is 4.74 Å². The first kappa shape index (κ1) is 24.8. The first-order valence-electron chi connectivity index (χ1n) is 12.7. The molecule has 1 saturated heterocycles. The van der Waals surface area contributed by atoms with Gasteiger partial charge in [0.2, 0.25) is 5.91 Å². The van der Waals surface area contributed by atoms with E-state index in [2.05, 4.69) is 40.1 Å². The molecule has 1 aliphatic heterocycles. The number of halogens is 1. The highest BCUT2D eigenvalue weighted by molar-refractivity contribution is 6.30. The molecule has 0 bridgehead atoms. The number of amides is 1. The lowest BCUT2D eigenvalue weighted by atomic mass is 10.1. The van der Waals surface area contributed by atoms with Gasteiger partial charge in [-0.25, -0.2) is 0 Å². The van der Waals surface area contributed by atoms with Crippen LogP contribution in [-0.4, -0.2) is 55.5 Å². The van der Waals surface area contributed by atoms with Crippen LogP contribution >= 0.6 is 11.6 Å². The first-order chi connectivity index (χ1) is 17.6. The van der Waals surface area contributed by atoms with Gasteiger partial charge in [-0.3, -0.25) is 9.69 Å². The Kier molecular flexibility index (Phi) is 7.90. The van der Waals surface area contributed by atoms with Gasteiger partial charge >= 0.3 is 0 Å². The molecule has 0 aromatic heterocycles. The first-order valence-corrected chi connectivity index (χ1v) is 13.0. The molecule has 0 N–H and O–H groups in total. The molecule has 1 amide bonds. The zero-order valence-electron chi connectivity index (χ0n) is 20.7. The number of piperazine rings is 1. The summed E-state index contributed by atoms with van der Waals surface area (Å²) >= 11 is 6.17. The fourth-order valence-corrected chi connectivity index (χ4v) is 5.29. The van der Waals surface area contributed by atoms with Gasteiger partial charge in [0, 0.05) is 43.7 Å². The van der Waals surface area contributed by atoms with Gasteiger partial charge in [0.15, 0.2) is 0 Å². The summed E-state index contributed by atoms with van der Waals surface area (Å²) in [4.78, 5) is 17.6. The Morgan fingerprint density at radius 1 is 0.972 bits per heavy atom. The van der Waals surface area contributed by atoms with Crippen LogP contribution in [0.4, 0.5) is 0 Å². The van der Waals surface area contributed by atoms with E-state index in [0.29, 0.717) is 23.5 Å². The van der Waals surface area contributed by atoms with E-state index in [1.54, 1.807) is 7.11 Å². The Morgan fingerprint density at radius 3 is 2.50 bits per heavy atom. The van der Waals surface area contributed by atoms with Crippen molar-refractivity contribution in [1.29, 1.82) is 0 Å². The van der Waals surface area contributed by atoms with Crippen molar-refractivity contribution in [2.75, 3.05) is 39.8 Å². The van der Waals surface area contributed by atoms with Gasteiger partial charge in [0.05, 0.1) is 19.8 Å². The number of ether oxygens (including phenoxy) is 2. The molecule has 3 aromatic carbocycles. The maximum atomic E-state index is 13.1. The Bertz CT molecular complexity index is 1160. The van der Waals surface area contributed by atoms with E-state index in [0.717, 1.165) is 56.0 Å². The highest BCUT2D eigenvalue weighted by atomic mass is 35.5. The van der Waals surface area contributed by atoms with Crippen molar-refractivity contribution >= 4 is 17.5 Å². The Morgan fingerprint density at radius 2 is 1.75 bits per heavy atom. The van der Waals surface area contributed by atoms with Crippen LogP contribution in [0, 0.1) is 5.92 Å². The summed E-state index contributed by atoms with van der Waals surface area (Å²) in [5.41, 5.74) is 3.41. The zero-order chi connectivity index (χ0) is 24.9. The average molecular weight is 505 g/mol. The number of rotatable bonds is 9. The summed E-state index contributed by atoms with van der Waals surface area (Å²) < 4.78 is 11.9. The number of benzene rings is 3. The summed E-state index contributed by atoms with van der Waals surface area (Å²) in [5, 5.41) is 0.708. The molecule has 0 unspecified atom stereocenters. The van der Waals surface area contributed by atoms with Gasteiger partial charge in [0.25, 0.3) is 0 Å². The van der Waals surface area contributed by atoms with Gasteiger partial charge in [-0.1, -0.05) is 66.2 Å². The molecule has 36 heavy (non-hydrogen) atoms.